The van der Waals surface area contributed by atoms with E-state index < -0.39 is 0 Å². The van der Waals surface area contributed by atoms with Gasteiger partial charge in [0.15, 0.2) is 0 Å². The highest BCUT2D eigenvalue weighted by molar-refractivity contribution is 5.94. The molecular weight excluding hydrogens is 504 g/mol. The Bertz CT molecular complexity index is 1350. The summed E-state index contributed by atoms with van der Waals surface area (Å²) >= 11 is 0. The van der Waals surface area contributed by atoms with Crippen molar-refractivity contribution in [2.75, 3.05) is 51.1 Å². The largest absolute Gasteiger partial charge is 0.322 e. The van der Waals surface area contributed by atoms with Gasteiger partial charge in [-0.3, -0.25) is 4.90 Å². The van der Waals surface area contributed by atoms with Gasteiger partial charge in [0.1, 0.15) is 0 Å². The van der Waals surface area contributed by atoms with E-state index in [0.717, 1.165) is 61.5 Å². The van der Waals surface area contributed by atoms with Crippen molar-refractivity contribution in [1.29, 1.82) is 0 Å². The number of para-hydroxylation sites is 1. The highest BCUT2D eigenvalue weighted by Crippen LogP contribution is 2.30. The van der Waals surface area contributed by atoms with Gasteiger partial charge in [-0.25, -0.2) is 4.79 Å². The summed E-state index contributed by atoms with van der Waals surface area (Å²) in [5, 5.41) is 6.65. The molecule has 1 aliphatic rings. The van der Waals surface area contributed by atoms with Crippen molar-refractivity contribution in [2.45, 2.75) is 12.3 Å². The van der Waals surface area contributed by atoms with Crippen LogP contribution in [0.2, 0.25) is 0 Å². The molecule has 5 nitrogen and oxygen atoms in total. The molecule has 0 unspecified atom stereocenters. The predicted molar refractivity (Wildman–Crippen MR) is 170 cm³/mol. The maximum absolute atomic E-state index is 14.0. The maximum atomic E-state index is 14.0. The van der Waals surface area contributed by atoms with Crippen molar-refractivity contribution in [1.82, 2.24) is 15.1 Å². The Labute approximate surface area is 244 Å². The Morgan fingerprint density at radius 2 is 1.37 bits per heavy atom. The first kappa shape index (κ1) is 28.3. The lowest BCUT2D eigenvalue weighted by Gasteiger charge is -2.31. The molecule has 1 saturated heterocycles. The number of nitrogens with zero attached hydrogens (tertiary/aromatic N) is 2. The first-order valence-corrected chi connectivity index (χ1v) is 14.6. The number of hydrogen-bond acceptors (Lipinski definition) is 3. The Morgan fingerprint density at radius 1 is 0.805 bits per heavy atom. The van der Waals surface area contributed by atoms with Crippen LogP contribution in [0.1, 0.15) is 23.5 Å². The second-order valence-electron chi connectivity index (χ2n) is 10.7. The Hall–Kier alpha value is -4.19. The van der Waals surface area contributed by atoms with Gasteiger partial charge in [-0.1, -0.05) is 116 Å². The number of nitrogens with one attached hydrogen (secondary N) is 2. The van der Waals surface area contributed by atoms with Crippen LogP contribution >= 0.6 is 0 Å². The van der Waals surface area contributed by atoms with Gasteiger partial charge in [0.05, 0.1) is 5.69 Å². The zero-order valence-corrected chi connectivity index (χ0v) is 23.7. The normalized spacial score (nSPS) is 13.6. The van der Waals surface area contributed by atoms with E-state index in [4.69, 9.17) is 0 Å². The van der Waals surface area contributed by atoms with Gasteiger partial charge in [0, 0.05) is 57.3 Å². The molecule has 41 heavy (non-hydrogen) atoms. The van der Waals surface area contributed by atoms with Gasteiger partial charge in [-0.05, 0) is 34.8 Å². The number of amides is 2. The van der Waals surface area contributed by atoms with Crippen molar-refractivity contribution < 1.29 is 4.79 Å². The minimum Gasteiger partial charge on any atom is -0.320 e. The van der Waals surface area contributed by atoms with Crippen molar-refractivity contribution in [2.24, 2.45) is 0 Å². The smallest absolute Gasteiger partial charge is 0.320 e. The van der Waals surface area contributed by atoms with Crippen LogP contribution in [0, 0.1) is 0 Å². The average Bonchev–Trinajstić information content (AvgIpc) is 3.03. The van der Waals surface area contributed by atoms with Gasteiger partial charge in [0.2, 0.25) is 0 Å². The summed E-state index contributed by atoms with van der Waals surface area (Å²) in [5.74, 6) is 0.186. The minimum absolute atomic E-state index is 0.102. The second kappa shape index (κ2) is 14.4. The molecule has 210 valence electrons. The monoisotopic (exact) mass is 544 g/mol. The fraction of sp³-hybridized carbons (Fsp3) is 0.250. The molecule has 0 aliphatic carbocycles. The predicted octanol–water partition coefficient (Wildman–Crippen LogP) is 6.87. The van der Waals surface area contributed by atoms with Gasteiger partial charge in [0.25, 0.3) is 0 Å². The highest BCUT2D eigenvalue weighted by Gasteiger charge is 2.21. The quantitative estimate of drug-likeness (QED) is 0.203. The zero-order valence-electron chi connectivity index (χ0n) is 23.7. The molecule has 2 N–H and O–H groups in total. The summed E-state index contributed by atoms with van der Waals surface area (Å²) in [5.41, 5.74) is 6.46. The van der Waals surface area contributed by atoms with Crippen LogP contribution in [-0.4, -0.2) is 61.6 Å². The third-order valence-electron chi connectivity index (χ3n) is 7.70. The molecule has 0 atom stereocenters. The first-order valence-electron chi connectivity index (χ1n) is 14.6. The highest BCUT2D eigenvalue weighted by atomic mass is 16.2. The average molecular weight is 545 g/mol. The molecule has 4 aromatic carbocycles. The van der Waals surface area contributed by atoms with Crippen LogP contribution < -0.4 is 10.6 Å². The van der Waals surface area contributed by atoms with Crippen LogP contribution in [0.4, 0.5) is 10.5 Å². The molecule has 1 fully saturated rings. The van der Waals surface area contributed by atoms with E-state index in [1.165, 1.54) is 11.1 Å². The lowest BCUT2D eigenvalue weighted by Crippen LogP contribution is -2.45. The van der Waals surface area contributed by atoms with E-state index in [-0.39, 0.29) is 11.9 Å². The van der Waals surface area contributed by atoms with E-state index in [0.29, 0.717) is 13.1 Å². The summed E-state index contributed by atoms with van der Waals surface area (Å²) in [7, 11) is 0. The number of piperazine rings is 1. The van der Waals surface area contributed by atoms with Crippen LogP contribution in [0.5, 0.6) is 0 Å². The summed E-state index contributed by atoms with van der Waals surface area (Å²) in [6, 6.07) is 39.3. The van der Waals surface area contributed by atoms with Gasteiger partial charge in [-0.15, -0.1) is 0 Å². The Morgan fingerprint density at radius 3 is 2.00 bits per heavy atom. The standard InChI is InChI=1S/C36H40N4O/c1-29(27-39-25-22-37-23-26-39)28-40(24-21-33(30-13-5-2-6-14-30)31-15-7-3-8-16-31)36(41)38-35-20-12-11-19-34(35)32-17-9-4-10-18-32/h2-20,33,37H,1,21-28H2,(H,38,41). The number of urea groups is 1. The maximum Gasteiger partial charge on any atom is 0.322 e. The second-order valence-corrected chi connectivity index (χ2v) is 10.7. The van der Waals surface area contributed by atoms with Gasteiger partial charge in [-0.2, -0.15) is 0 Å². The molecule has 0 radical (unpaired) electrons. The summed E-state index contributed by atoms with van der Waals surface area (Å²) in [4.78, 5) is 18.3. The Kier molecular flexibility index (Phi) is 9.99. The van der Waals surface area contributed by atoms with Crippen molar-refractivity contribution in [3.05, 3.63) is 139 Å². The van der Waals surface area contributed by atoms with E-state index in [9.17, 15) is 4.79 Å². The topological polar surface area (TPSA) is 47.6 Å². The fourth-order valence-electron chi connectivity index (χ4n) is 5.60. The fourth-order valence-corrected chi connectivity index (χ4v) is 5.60. The molecule has 5 rings (SSSR count). The van der Waals surface area contributed by atoms with E-state index >= 15 is 0 Å². The van der Waals surface area contributed by atoms with Gasteiger partial charge < -0.3 is 15.5 Å². The van der Waals surface area contributed by atoms with Crippen LogP contribution in [0.25, 0.3) is 11.1 Å². The minimum atomic E-state index is -0.102. The molecule has 2 amide bonds. The third kappa shape index (κ3) is 7.94. The summed E-state index contributed by atoms with van der Waals surface area (Å²) in [6.07, 6.45) is 0.808. The molecule has 5 heteroatoms. The molecule has 1 aliphatic heterocycles. The number of carbonyl (C=O) groups is 1. The zero-order chi connectivity index (χ0) is 28.3. The number of benzene rings is 4. The molecular formula is C36H40N4O. The van der Waals surface area contributed by atoms with Crippen LogP contribution in [0.15, 0.2) is 127 Å². The van der Waals surface area contributed by atoms with Crippen LogP contribution in [-0.2, 0) is 0 Å². The molecule has 0 bridgehead atoms. The van der Waals surface area contributed by atoms with Crippen molar-refractivity contribution in [3.8, 4) is 11.1 Å². The van der Waals surface area contributed by atoms with E-state index in [2.05, 4.69) is 101 Å². The molecule has 0 aromatic heterocycles. The van der Waals surface area contributed by atoms with E-state index in [1.54, 1.807) is 0 Å². The lowest BCUT2D eigenvalue weighted by atomic mass is 9.88. The third-order valence-corrected chi connectivity index (χ3v) is 7.70. The van der Waals surface area contributed by atoms with Crippen molar-refractivity contribution in [3.63, 3.8) is 0 Å². The molecule has 0 spiro atoms. The SMILES string of the molecule is C=C(CN1CCNCC1)CN(CCC(c1ccccc1)c1ccccc1)C(=O)Nc1ccccc1-c1ccccc1. The number of anilines is 1. The van der Waals surface area contributed by atoms with Crippen molar-refractivity contribution >= 4 is 11.7 Å². The molecule has 0 saturated carbocycles. The number of rotatable bonds is 11. The Balaban J connectivity index is 1.36. The molecule has 4 aromatic rings. The number of carbonyl (C=O) groups excluding carboxylic acids is 1. The summed E-state index contributed by atoms with van der Waals surface area (Å²) < 4.78 is 0. The van der Waals surface area contributed by atoms with Gasteiger partial charge >= 0.3 is 6.03 Å². The van der Waals surface area contributed by atoms with Crippen LogP contribution in [0.3, 0.4) is 0 Å². The molecule has 1 heterocycles. The lowest BCUT2D eigenvalue weighted by molar-refractivity contribution is 0.210. The summed E-state index contributed by atoms with van der Waals surface area (Å²) in [6.45, 7) is 10.3. The van der Waals surface area contributed by atoms with E-state index in [1.807, 2.05) is 41.3 Å². The first-order chi connectivity index (χ1) is 20.2. The number of hydrogen-bond donors (Lipinski definition) is 2.